The van der Waals surface area contributed by atoms with E-state index in [2.05, 4.69) is 12.2 Å². The van der Waals surface area contributed by atoms with Crippen LogP contribution in [0.15, 0.2) is 34.9 Å². The third-order valence-corrected chi connectivity index (χ3v) is 3.52. The lowest BCUT2D eigenvalue weighted by atomic mass is 9.97. The highest BCUT2D eigenvalue weighted by Crippen LogP contribution is 2.29. The molecule has 21 heavy (non-hydrogen) atoms. The van der Waals surface area contributed by atoms with Gasteiger partial charge in [-0.2, -0.15) is 0 Å². The largest absolute Gasteiger partial charge is 0.494 e. The van der Waals surface area contributed by atoms with Crippen LogP contribution in [0.3, 0.4) is 0 Å². The second kappa shape index (κ2) is 7.27. The molecule has 1 aromatic heterocycles. The fourth-order valence-electron chi connectivity index (χ4n) is 2.45. The van der Waals surface area contributed by atoms with Crippen LogP contribution in [0.5, 0.6) is 5.75 Å². The number of ether oxygens (including phenoxy) is 1. The standard InChI is InChI=1S/C17H22FNO2/c1-4-9-19-17(13-8-10-21-15(13)5-2)12-6-7-16(20-3)14(18)11-12/h6-8,10-11,17,19H,4-5,9H2,1-3H3. The lowest BCUT2D eigenvalue weighted by Crippen LogP contribution is -2.23. The van der Waals surface area contributed by atoms with E-state index in [4.69, 9.17) is 9.15 Å². The summed E-state index contributed by atoms with van der Waals surface area (Å²) in [4.78, 5) is 0. The van der Waals surface area contributed by atoms with Crippen molar-refractivity contribution in [3.8, 4) is 5.75 Å². The highest BCUT2D eigenvalue weighted by atomic mass is 19.1. The van der Waals surface area contributed by atoms with Gasteiger partial charge in [0.25, 0.3) is 0 Å². The van der Waals surface area contributed by atoms with Crippen molar-refractivity contribution in [2.45, 2.75) is 32.7 Å². The number of hydrogen-bond acceptors (Lipinski definition) is 3. The average molecular weight is 291 g/mol. The molecule has 1 heterocycles. The zero-order chi connectivity index (χ0) is 15.2. The lowest BCUT2D eigenvalue weighted by Gasteiger charge is -2.19. The summed E-state index contributed by atoms with van der Waals surface area (Å²) in [6.07, 6.45) is 3.51. The molecule has 0 fully saturated rings. The van der Waals surface area contributed by atoms with Crippen LogP contribution < -0.4 is 10.1 Å². The van der Waals surface area contributed by atoms with E-state index in [-0.39, 0.29) is 17.6 Å². The Bertz CT molecular complexity index is 580. The van der Waals surface area contributed by atoms with Crippen molar-refractivity contribution in [3.63, 3.8) is 0 Å². The normalized spacial score (nSPS) is 12.4. The number of methoxy groups -OCH3 is 1. The molecule has 1 atom stereocenters. The van der Waals surface area contributed by atoms with Gasteiger partial charge in [-0.15, -0.1) is 0 Å². The minimum absolute atomic E-state index is 0.0703. The Morgan fingerprint density at radius 2 is 2.10 bits per heavy atom. The van der Waals surface area contributed by atoms with Gasteiger partial charge in [0, 0.05) is 12.0 Å². The molecule has 0 radical (unpaired) electrons. The number of hydrogen-bond donors (Lipinski definition) is 1. The maximum atomic E-state index is 14.0. The topological polar surface area (TPSA) is 34.4 Å². The quantitative estimate of drug-likeness (QED) is 0.834. The number of nitrogens with one attached hydrogen (secondary N) is 1. The van der Waals surface area contributed by atoms with Crippen LogP contribution in [0.1, 0.15) is 43.2 Å². The van der Waals surface area contributed by atoms with Crippen molar-refractivity contribution in [1.29, 1.82) is 0 Å². The highest BCUT2D eigenvalue weighted by Gasteiger charge is 2.19. The first-order valence-corrected chi connectivity index (χ1v) is 7.34. The molecule has 2 rings (SSSR count). The zero-order valence-corrected chi connectivity index (χ0v) is 12.8. The molecule has 1 aromatic carbocycles. The number of rotatable bonds is 7. The number of benzene rings is 1. The van der Waals surface area contributed by atoms with E-state index in [1.165, 1.54) is 13.2 Å². The Morgan fingerprint density at radius 3 is 2.71 bits per heavy atom. The summed E-state index contributed by atoms with van der Waals surface area (Å²) in [6, 6.07) is 6.96. The van der Waals surface area contributed by atoms with E-state index in [0.29, 0.717) is 0 Å². The van der Waals surface area contributed by atoms with Crippen LogP contribution in [-0.2, 0) is 6.42 Å². The SMILES string of the molecule is CCCNC(c1ccc(OC)c(F)c1)c1ccoc1CC. The minimum atomic E-state index is -0.347. The first-order valence-electron chi connectivity index (χ1n) is 7.34. The van der Waals surface area contributed by atoms with Crippen molar-refractivity contribution < 1.29 is 13.5 Å². The fraction of sp³-hybridized carbons (Fsp3) is 0.412. The lowest BCUT2D eigenvalue weighted by molar-refractivity contribution is 0.385. The van der Waals surface area contributed by atoms with Gasteiger partial charge in [0.05, 0.1) is 19.4 Å². The van der Waals surface area contributed by atoms with E-state index >= 15 is 0 Å². The summed E-state index contributed by atoms with van der Waals surface area (Å²) in [6.45, 7) is 5.01. The molecule has 114 valence electrons. The molecule has 0 spiro atoms. The van der Waals surface area contributed by atoms with Gasteiger partial charge in [-0.1, -0.05) is 19.9 Å². The zero-order valence-electron chi connectivity index (χ0n) is 12.8. The third-order valence-electron chi connectivity index (χ3n) is 3.52. The molecular formula is C17H22FNO2. The molecule has 0 aliphatic carbocycles. The molecule has 0 aliphatic heterocycles. The molecule has 3 nitrogen and oxygen atoms in total. The molecule has 4 heteroatoms. The van der Waals surface area contributed by atoms with E-state index < -0.39 is 0 Å². The number of aryl methyl sites for hydroxylation is 1. The Morgan fingerprint density at radius 1 is 1.29 bits per heavy atom. The maximum Gasteiger partial charge on any atom is 0.165 e. The maximum absolute atomic E-state index is 14.0. The summed E-state index contributed by atoms with van der Waals surface area (Å²) in [5, 5.41) is 3.46. The second-order valence-electron chi connectivity index (χ2n) is 4.93. The van der Waals surface area contributed by atoms with E-state index in [9.17, 15) is 4.39 Å². The summed E-state index contributed by atoms with van der Waals surface area (Å²) < 4.78 is 24.5. The van der Waals surface area contributed by atoms with Crippen LogP contribution in [0, 0.1) is 5.82 Å². The van der Waals surface area contributed by atoms with Crippen molar-refractivity contribution in [3.05, 3.63) is 53.2 Å². The van der Waals surface area contributed by atoms with Gasteiger partial charge in [-0.3, -0.25) is 0 Å². The van der Waals surface area contributed by atoms with Crippen molar-refractivity contribution in [2.75, 3.05) is 13.7 Å². The Hall–Kier alpha value is -1.81. The van der Waals surface area contributed by atoms with Gasteiger partial charge in [0.15, 0.2) is 11.6 Å². The van der Waals surface area contributed by atoms with Crippen LogP contribution in [0.2, 0.25) is 0 Å². The summed E-state index contributed by atoms with van der Waals surface area (Å²) in [5.41, 5.74) is 1.94. The molecule has 0 bridgehead atoms. The molecular weight excluding hydrogens is 269 g/mol. The Kier molecular flexibility index (Phi) is 5.39. The van der Waals surface area contributed by atoms with E-state index in [1.54, 1.807) is 12.3 Å². The first kappa shape index (κ1) is 15.6. The monoisotopic (exact) mass is 291 g/mol. The summed E-state index contributed by atoms with van der Waals surface area (Å²) in [7, 11) is 1.47. The Balaban J connectivity index is 2.38. The summed E-state index contributed by atoms with van der Waals surface area (Å²) in [5.74, 6) is 0.843. The number of halogens is 1. The fourth-order valence-corrected chi connectivity index (χ4v) is 2.45. The van der Waals surface area contributed by atoms with Gasteiger partial charge >= 0.3 is 0 Å². The number of furan rings is 1. The van der Waals surface area contributed by atoms with Gasteiger partial charge in [0.1, 0.15) is 5.76 Å². The van der Waals surface area contributed by atoms with Crippen LogP contribution in [0.4, 0.5) is 4.39 Å². The van der Waals surface area contributed by atoms with Crippen LogP contribution in [-0.4, -0.2) is 13.7 Å². The summed E-state index contributed by atoms with van der Waals surface area (Å²) >= 11 is 0. The first-order chi connectivity index (χ1) is 10.2. The molecule has 0 amide bonds. The van der Waals surface area contributed by atoms with Crippen molar-refractivity contribution in [2.24, 2.45) is 0 Å². The van der Waals surface area contributed by atoms with Crippen LogP contribution >= 0.6 is 0 Å². The predicted molar refractivity (Wildman–Crippen MR) is 81.2 cm³/mol. The van der Waals surface area contributed by atoms with E-state index in [0.717, 1.165) is 36.3 Å². The second-order valence-corrected chi connectivity index (χ2v) is 4.93. The molecule has 1 N–H and O–H groups in total. The van der Waals surface area contributed by atoms with E-state index in [1.807, 2.05) is 19.1 Å². The van der Waals surface area contributed by atoms with Gasteiger partial charge in [-0.05, 0) is 36.7 Å². The van der Waals surface area contributed by atoms with Gasteiger partial charge in [0.2, 0.25) is 0 Å². The van der Waals surface area contributed by atoms with Gasteiger partial charge < -0.3 is 14.5 Å². The average Bonchev–Trinajstić information content (AvgIpc) is 2.96. The van der Waals surface area contributed by atoms with Crippen LogP contribution in [0.25, 0.3) is 0 Å². The van der Waals surface area contributed by atoms with Crippen molar-refractivity contribution in [1.82, 2.24) is 5.32 Å². The molecule has 2 aromatic rings. The minimum Gasteiger partial charge on any atom is -0.494 e. The molecule has 0 saturated carbocycles. The molecule has 0 saturated heterocycles. The molecule has 1 unspecified atom stereocenters. The molecule has 0 aliphatic rings. The highest BCUT2D eigenvalue weighted by molar-refractivity contribution is 5.37. The Labute approximate surface area is 125 Å². The predicted octanol–water partition coefficient (Wildman–Crippen LogP) is 4.08. The van der Waals surface area contributed by atoms with Crippen molar-refractivity contribution >= 4 is 0 Å². The van der Waals surface area contributed by atoms with Gasteiger partial charge in [-0.25, -0.2) is 4.39 Å². The smallest absolute Gasteiger partial charge is 0.165 e. The third kappa shape index (κ3) is 3.45.